The van der Waals surface area contributed by atoms with Gasteiger partial charge in [-0.2, -0.15) is 0 Å². The molecule has 0 spiro atoms. The Hall–Kier alpha value is -3.22. The zero-order valence-corrected chi connectivity index (χ0v) is 13.9. The number of likely N-dealkylation sites (N-methyl/N-ethyl adjacent to an activating group) is 1. The fraction of sp³-hybridized carbons (Fsp3) is 0.167. The van der Waals surface area contributed by atoms with E-state index in [0.29, 0.717) is 16.9 Å². The molecule has 3 amide bonds. The third-order valence-corrected chi connectivity index (χ3v) is 3.31. The number of hydrogen-bond donors (Lipinski definition) is 2. The van der Waals surface area contributed by atoms with E-state index in [1.165, 1.54) is 43.1 Å². The Morgan fingerprint density at radius 2 is 1.44 bits per heavy atom. The van der Waals surface area contributed by atoms with Gasteiger partial charge in [-0.05, 0) is 48.5 Å². The van der Waals surface area contributed by atoms with Gasteiger partial charge in [0.15, 0.2) is 0 Å². The molecule has 0 aliphatic carbocycles. The maximum atomic E-state index is 12.8. The van der Waals surface area contributed by atoms with Crippen molar-refractivity contribution in [1.29, 1.82) is 0 Å². The standard InChI is InChI=1S/C18H18FN3O3/c1-12(23)20-15-7-3-13(4-8-15)18(25)22(2)11-17(24)21-16-9-5-14(19)6-10-16/h3-10H,11H2,1-2H3,(H,20,23)(H,21,24). The van der Waals surface area contributed by atoms with Crippen molar-refractivity contribution in [2.75, 3.05) is 24.2 Å². The Morgan fingerprint density at radius 1 is 0.920 bits per heavy atom. The molecule has 2 N–H and O–H groups in total. The second-order valence-electron chi connectivity index (χ2n) is 5.47. The van der Waals surface area contributed by atoms with Gasteiger partial charge in [-0.15, -0.1) is 0 Å². The highest BCUT2D eigenvalue weighted by atomic mass is 19.1. The topological polar surface area (TPSA) is 78.5 Å². The molecule has 0 unspecified atom stereocenters. The summed E-state index contributed by atoms with van der Waals surface area (Å²) in [7, 11) is 1.51. The number of nitrogens with zero attached hydrogens (tertiary/aromatic N) is 1. The second-order valence-corrected chi connectivity index (χ2v) is 5.47. The first-order valence-corrected chi connectivity index (χ1v) is 7.53. The minimum Gasteiger partial charge on any atom is -0.332 e. The molecule has 0 aromatic heterocycles. The monoisotopic (exact) mass is 343 g/mol. The van der Waals surface area contributed by atoms with E-state index in [1.54, 1.807) is 24.3 Å². The first-order valence-electron chi connectivity index (χ1n) is 7.53. The molecule has 0 saturated heterocycles. The van der Waals surface area contributed by atoms with Crippen molar-refractivity contribution in [3.63, 3.8) is 0 Å². The van der Waals surface area contributed by atoms with Crippen LogP contribution in [0, 0.1) is 5.82 Å². The lowest BCUT2D eigenvalue weighted by Crippen LogP contribution is -2.34. The molecule has 2 aromatic carbocycles. The minimum absolute atomic E-state index is 0.149. The first-order chi connectivity index (χ1) is 11.8. The van der Waals surface area contributed by atoms with Crippen molar-refractivity contribution in [3.8, 4) is 0 Å². The van der Waals surface area contributed by atoms with Crippen LogP contribution in [0.3, 0.4) is 0 Å². The second kappa shape index (κ2) is 8.05. The minimum atomic E-state index is -0.395. The summed E-state index contributed by atoms with van der Waals surface area (Å²) in [5.74, 6) is -1.32. The molecule has 6 nitrogen and oxygen atoms in total. The third-order valence-electron chi connectivity index (χ3n) is 3.31. The Bertz CT molecular complexity index is 773. The van der Waals surface area contributed by atoms with E-state index >= 15 is 0 Å². The summed E-state index contributed by atoms with van der Waals surface area (Å²) in [6, 6.07) is 11.7. The van der Waals surface area contributed by atoms with Crippen LogP contribution in [0.5, 0.6) is 0 Å². The molecule has 0 atom stereocenters. The van der Waals surface area contributed by atoms with Crippen LogP contribution in [0.1, 0.15) is 17.3 Å². The summed E-state index contributed by atoms with van der Waals surface area (Å²) in [4.78, 5) is 36.5. The highest BCUT2D eigenvalue weighted by Gasteiger charge is 2.15. The summed E-state index contributed by atoms with van der Waals surface area (Å²) in [6.07, 6.45) is 0. The molecule has 2 rings (SSSR count). The van der Waals surface area contributed by atoms with E-state index in [2.05, 4.69) is 10.6 Å². The summed E-state index contributed by atoms with van der Waals surface area (Å²) >= 11 is 0. The smallest absolute Gasteiger partial charge is 0.254 e. The van der Waals surface area contributed by atoms with Gasteiger partial charge in [0, 0.05) is 30.9 Å². The molecule has 0 aliphatic heterocycles. The van der Waals surface area contributed by atoms with E-state index in [0.717, 1.165) is 0 Å². The van der Waals surface area contributed by atoms with Crippen LogP contribution in [-0.4, -0.2) is 36.2 Å². The van der Waals surface area contributed by atoms with Crippen LogP contribution in [0.2, 0.25) is 0 Å². The maximum Gasteiger partial charge on any atom is 0.254 e. The summed E-state index contributed by atoms with van der Waals surface area (Å²) in [5.41, 5.74) is 1.43. The Morgan fingerprint density at radius 3 is 2.00 bits per heavy atom. The molecule has 0 heterocycles. The third kappa shape index (κ3) is 5.42. The number of nitrogens with one attached hydrogen (secondary N) is 2. The van der Waals surface area contributed by atoms with Gasteiger partial charge in [-0.3, -0.25) is 14.4 Å². The Labute approximate surface area is 144 Å². The molecule has 0 saturated carbocycles. The molecule has 0 bridgehead atoms. The Balaban J connectivity index is 1.93. The number of anilines is 2. The number of carbonyl (C=O) groups excluding carboxylic acids is 3. The van der Waals surface area contributed by atoms with Crippen LogP contribution < -0.4 is 10.6 Å². The zero-order valence-electron chi connectivity index (χ0n) is 13.9. The fourth-order valence-electron chi connectivity index (χ4n) is 2.14. The highest BCUT2D eigenvalue weighted by molar-refractivity contribution is 5.99. The average Bonchev–Trinajstić information content (AvgIpc) is 2.56. The van der Waals surface area contributed by atoms with Crippen molar-refractivity contribution in [1.82, 2.24) is 4.90 Å². The molecular weight excluding hydrogens is 325 g/mol. The molecule has 2 aromatic rings. The molecule has 130 valence electrons. The van der Waals surface area contributed by atoms with Gasteiger partial charge >= 0.3 is 0 Å². The van der Waals surface area contributed by atoms with Crippen molar-refractivity contribution >= 4 is 29.1 Å². The number of halogens is 1. The van der Waals surface area contributed by atoms with Crippen LogP contribution >= 0.6 is 0 Å². The van der Waals surface area contributed by atoms with Gasteiger partial charge in [-0.25, -0.2) is 4.39 Å². The Kier molecular flexibility index (Phi) is 5.84. The molecule has 25 heavy (non-hydrogen) atoms. The number of benzene rings is 2. The van der Waals surface area contributed by atoms with E-state index in [1.807, 2.05) is 0 Å². The summed E-state index contributed by atoms with van der Waals surface area (Å²) < 4.78 is 12.8. The van der Waals surface area contributed by atoms with Gasteiger partial charge in [0.1, 0.15) is 5.82 Å². The lowest BCUT2D eigenvalue weighted by Gasteiger charge is -2.17. The van der Waals surface area contributed by atoms with E-state index in [4.69, 9.17) is 0 Å². The van der Waals surface area contributed by atoms with Gasteiger partial charge < -0.3 is 15.5 Å². The first kappa shape index (κ1) is 18.1. The van der Waals surface area contributed by atoms with Crippen molar-refractivity contribution in [3.05, 3.63) is 59.9 Å². The molecule has 0 aliphatic rings. The van der Waals surface area contributed by atoms with Crippen LogP contribution in [0.15, 0.2) is 48.5 Å². The van der Waals surface area contributed by atoms with Crippen LogP contribution in [-0.2, 0) is 9.59 Å². The largest absolute Gasteiger partial charge is 0.332 e. The highest BCUT2D eigenvalue weighted by Crippen LogP contribution is 2.12. The number of amides is 3. The fourth-order valence-corrected chi connectivity index (χ4v) is 2.14. The molecular formula is C18H18FN3O3. The predicted octanol–water partition coefficient (Wildman–Crippen LogP) is 2.49. The van der Waals surface area contributed by atoms with E-state index < -0.39 is 11.7 Å². The molecule has 7 heteroatoms. The van der Waals surface area contributed by atoms with Gasteiger partial charge in [0.2, 0.25) is 11.8 Å². The summed E-state index contributed by atoms with van der Waals surface area (Å²) in [6.45, 7) is 1.25. The van der Waals surface area contributed by atoms with Crippen molar-refractivity contribution in [2.45, 2.75) is 6.92 Å². The number of rotatable bonds is 5. The molecule has 0 fully saturated rings. The summed E-state index contributed by atoms with van der Waals surface area (Å²) in [5, 5.41) is 5.20. The number of carbonyl (C=O) groups is 3. The van der Waals surface area contributed by atoms with Gasteiger partial charge in [0.25, 0.3) is 5.91 Å². The molecule has 0 radical (unpaired) electrons. The van der Waals surface area contributed by atoms with Gasteiger partial charge in [-0.1, -0.05) is 0 Å². The van der Waals surface area contributed by atoms with E-state index in [-0.39, 0.29) is 18.4 Å². The SMILES string of the molecule is CC(=O)Nc1ccc(C(=O)N(C)CC(=O)Nc2ccc(F)cc2)cc1. The van der Waals surface area contributed by atoms with Crippen LogP contribution in [0.25, 0.3) is 0 Å². The quantitative estimate of drug-likeness (QED) is 0.875. The normalized spacial score (nSPS) is 10.0. The average molecular weight is 343 g/mol. The van der Waals surface area contributed by atoms with E-state index in [9.17, 15) is 18.8 Å². The predicted molar refractivity (Wildman–Crippen MR) is 92.7 cm³/mol. The van der Waals surface area contributed by atoms with Crippen LogP contribution in [0.4, 0.5) is 15.8 Å². The number of hydrogen-bond acceptors (Lipinski definition) is 3. The van der Waals surface area contributed by atoms with Crippen molar-refractivity contribution < 1.29 is 18.8 Å². The van der Waals surface area contributed by atoms with Gasteiger partial charge in [0.05, 0.1) is 6.54 Å². The zero-order chi connectivity index (χ0) is 18.4. The maximum absolute atomic E-state index is 12.8. The lowest BCUT2D eigenvalue weighted by atomic mass is 10.2. The van der Waals surface area contributed by atoms with Crippen molar-refractivity contribution in [2.24, 2.45) is 0 Å². The lowest BCUT2D eigenvalue weighted by molar-refractivity contribution is -0.116.